The molecular weight excluding hydrogens is 202 g/mol. The van der Waals surface area contributed by atoms with Crippen LogP contribution in [0.25, 0.3) is 0 Å². The third kappa shape index (κ3) is 3.22. The van der Waals surface area contributed by atoms with Gasteiger partial charge in [0.15, 0.2) is 0 Å². The summed E-state index contributed by atoms with van der Waals surface area (Å²) < 4.78 is 0. The number of hydrogen-bond donors (Lipinski definition) is 1. The van der Waals surface area contributed by atoms with Gasteiger partial charge in [0.1, 0.15) is 11.5 Å². The van der Waals surface area contributed by atoms with Gasteiger partial charge in [-0.3, -0.25) is 4.79 Å². The highest BCUT2D eigenvalue weighted by Gasteiger charge is 2.16. The smallest absolute Gasteiger partial charge is 0.272 e. The molecule has 0 spiro atoms. The zero-order valence-electron chi connectivity index (χ0n) is 10.1. The average molecular weight is 221 g/mol. The molecule has 0 aromatic carbocycles. The van der Waals surface area contributed by atoms with Gasteiger partial charge in [-0.15, -0.1) is 0 Å². The molecule has 88 valence electrons. The molecule has 0 bridgehead atoms. The lowest BCUT2D eigenvalue weighted by molar-refractivity contribution is 0.0740. The molecule has 0 aliphatic rings. The van der Waals surface area contributed by atoms with E-state index in [2.05, 4.69) is 18.8 Å². The van der Waals surface area contributed by atoms with Crippen molar-refractivity contribution in [1.82, 2.24) is 9.88 Å². The Kier molecular flexibility index (Phi) is 4.28. The van der Waals surface area contributed by atoms with Gasteiger partial charge in [0.25, 0.3) is 5.91 Å². The molecule has 0 aliphatic heterocycles. The van der Waals surface area contributed by atoms with Crippen molar-refractivity contribution in [3.63, 3.8) is 0 Å². The Morgan fingerprint density at radius 1 is 1.50 bits per heavy atom. The van der Waals surface area contributed by atoms with E-state index in [1.54, 1.807) is 23.1 Å². The summed E-state index contributed by atoms with van der Waals surface area (Å²) in [5, 5.41) is 0. The number of nitrogens with two attached hydrogens (primary N) is 1. The van der Waals surface area contributed by atoms with Crippen LogP contribution in [0.15, 0.2) is 18.2 Å². The van der Waals surface area contributed by atoms with Gasteiger partial charge in [-0.1, -0.05) is 19.9 Å². The Bertz CT molecular complexity index is 363. The Labute approximate surface area is 96.5 Å². The van der Waals surface area contributed by atoms with Crippen molar-refractivity contribution in [1.29, 1.82) is 0 Å². The van der Waals surface area contributed by atoms with Crippen molar-refractivity contribution in [2.75, 3.05) is 18.8 Å². The van der Waals surface area contributed by atoms with E-state index < -0.39 is 0 Å². The van der Waals surface area contributed by atoms with Crippen LogP contribution in [0, 0.1) is 5.92 Å². The molecule has 0 unspecified atom stereocenters. The van der Waals surface area contributed by atoms with Crippen LogP contribution < -0.4 is 5.73 Å². The van der Waals surface area contributed by atoms with E-state index in [0.29, 0.717) is 24.0 Å². The van der Waals surface area contributed by atoms with E-state index in [-0.39, 0.29) is 5.91 Å². The molecule has 1 rings (SSSR count). The molecule has 0 fully saturated rings. The van der Waals surface area contributed by atoms with Gasteiger partial charge in [0.2, 0.25) is 0 Å². The first-order valence-corrected chi connectivity index (χ1v) is 5.56. The first-order valence-electron chi connectivity index (χ1n) is 5.56. The second kappa shape index (κ2) is 5.49. The number of carbonyl (C=O) groups is 1. The van der Waals surface area contributed by atoms with Crippen molar-refractivity contribution in [3.05, 3.63) is 23.9 Å². The Morgan fingerprint density at radius 2 is 2.19 bits per heavy atom. The Balaban J connectivity index is 2.82. The fourth-order valence-electron chi connectivity index (χ4n) is 1.53. The maximum absolute atomic E-state index is 12.1. The van der Waals surface area contributed by atoms with Crippen LogP contribution >= 0.6 is 0 Å². The normalized spacial score (nSPS) is 10.5. The van der Waals surface area contributed by atoms with E-state index in [0.717, 1.165) is 6.54 Å². The largest absolute Gasteiger partial charge is 0.384 e. The summed E-state index contributed by atoms with van der Waals surface area (Å²) in [4.78, 5) is 17.9. The minimum absolute atomic E-state index is 0.0523. The van der Waals surface area contributed by atoms with Crippen LogP contribution in [0.4, 0.5) is 5.82 Å². The second-order valence-corrected chi connectivity index (χ2v) is 4.19. The van der Waals surface area contributed by atoms with Crippen LogP contribution in [0.5, 0.6) is 0 Å². The SMILES string of the molecule is CCN(CC(C)C)C(=O)c1cccc(N)n1. The van der Waals surface area contributed by atoms with Crippen molar-refractivity contribution in [2.24, 2.45) is 5.92 Å². The molecule has 2 N–H and O–H groups in total. The first-order chi connectivity index (χ1) is 7.54. The molecule has 4 nitrogen and oxygen atoms in total. The van der Waals surface area contributed by atoms with Crippen molar-refractivity contribution >= 4 is 11.7 Å². The van der Waals surface area contributed by atoms with Gasteiger partial charge in [0.05, 0.1) is 0 Å². The topological polar surface area (TPSA) is 59.2 Å². The highest BCUT2D eigenvalue weighted by Crippen LogP contribution is 2.07. The van der Waals surface area contributed by atoms with Gasteiger partial charge in [-0.25, -0.2) is 4.98 Å². The van der Waals surface area contributed by atoms with Crippen LogP contribution in [0.1, 0.15) is 31.3 Å². The summed E-state index contributed by atoms with van der Waals surface area (Å²) in [6.45, 7) is 7.57. The average Bonchev–Trinajstić information content (AvgIpc) is 2.24. The number of carbonyl (C=O) groups excluding carboxylic acids is 1. The molecule has 0 radical (unpaired) electrons. The Hall–Kier alpha value is -1.58. The summed E-state index contributed by atoms with van der Waals surface area (Å²) >= 11 is 0. The number of nitrogens with zero attached hydrogens (tertiary/aromatic N) is 2. The standard InChI is InChI=1S/C12H19N3O/c1-4-15(8-9(2)3)12(16)10-6-5-7-11(13)14-10/h5-7,9H,4,8H2,1-3H3,(H2,13,14). The number of rotatable bonds is 4. The number of aromatic nitrogens is 1. The third-order valence-electron chi connectivity index (χ3n) is 2.24. The number of amides is 1. The number of nitrogen functional groups attached to an aromatic ring is 1. The van der Waals surface area contributed by atoms with Gasteiger partial charge < -0.3 is 10.6 Å². The van der Waals surface area contributed by atoms with Gasteiger partial charge in [-0.05, 0) is 25.0 Å². The second-order valence-electron chi connectivity index (χ2n) is 4.19. The summed E-state index contributed by atoms with van der Waals surface area (Å²) in [5.41, 5.74) is 5.98. The molecular formula is C12H19N3O. The molecule has 1 aromatic rings. The van der Waals surface area contributed by atoms with Crippen LogP contribution in [-0.4, -0.2) is 28.9 Å². The van der Waals surface area contributed by atoms with E-state index >= 15 is 0 Å². The lowest BCUT2D eigenvalue weighted by atomic mass is 10.2. The summed E-state index contributed by atoms with van der Waals surface area (Å²) in [6, 6.07) is 5.12. The van der Waals surface area contributed by atoms with Gasteiger partial charge >= 0.3 is 0 Å². The lowest BCUT2D eigenvalue weighted by Gasteiger charge is -2.22. The molecule has 0 saturated carbocycles. The maximum Gasteiger partial charge on any atom is 0.272 e. The van der Waals surface area contributed by atoms with Crippen LogP contribution in [0.3, 0.4) is 0 Å². The number of pyridine rings is 1. The fraction of sp³-hybridized carbons (Fsp3) is 0.500. The zero-order chi connectivity index (χ0) is 12.1. The molecule has 0 atom stereocenters. The fourth-order valence-corrected chi connectivity index (χ4v) is 1.53. The summed E-state index contributed by atoms with van der Waals surface area (Å²) in [7, 11) is 0. The van der Waals surface area contributed by atoms with Gasteiger partial charge in [0, 0.05) is 13.1 Å². The van der Waals surface area contributed by atoms with Gasteiger partial charge in [-0.2, -0.15) is 0 Å². The first kappa shape index (κ1) is 12.5. The number of anilines is 1. The third-order valence-corrected chi connectivity index (χ3v) is 2.24. The van der Waals surface area contributed by atoms with E-state index in [1.807, 2.05) is 6.92 Å². The van der Waals surface area contributed by atoms with Crippen LogP contribution in [0.2, 0.25) is 0 Å². The zero-order valence-corrected chi connectivity index (χ0v) is 10.1. The Morgan fingerprint density at radius 3 is 2.69 bits per heavy atom. The van der Waals surface area contributed by atoms with E-state index in [9.17, 15) is 4.79 Å². The molecule has 0 aliphatic carbocycles. The van der Waals surface area contributed by atoms with Crippen molar-refractivity contribution in [2.45, 2.75) is 20.8 Å². The van der Waals surface area contributed by atoms with Crippen molar-refractivity contribution < 1.29 is 4.79 Å². The van der Waals surface area contributed by atoms with Crippen LogP contribution in [-0.2, 0) is 0 Å². The van der Waals surface area contributed by atoms with E-state index in [1.165, 1.54) is 0 Å². The quantitative estimate of drug-likeness (QED) is 0.843. The van der Waals surface area contributed by atoms with E-state index in [4.69, 9.17) is 5.73 Å². The summed E-state index contributed by atoms with van der Waals surface area (Å²) in [6.07, 6.45) is 0. The highest BCUT2D eigenvalue weighted by molar-refractivity contribution is 5.92. The summed E-state index contributed by atoms with van der Waals surface area (Å²) in [5.74, 6) is 0.778. The number of hydrogen-bond acceptors (Lipinski definition) is 3. The van der Waals surface area contributed by atoms with Crippen molar-refractivity contribution in [3.8, 4) is 0 Å². The predicted molar refractivity (Wildman–Crippen MR) is 65.1 cm³/mol. The maximum atomic E-state index is 12.1. The molecule has 1 heterocycles. The minimum Gasteiger partial charge on any atom is -0.384 e. The molecule has 1 aromatic heterocycles. The highest BCUT2D eigenvalue weighted by atomic mass is 16.2. The lowest BCUT2D eigenvalue weighted by Crippen LogP contribution is -2.34. The predicted octanol–water partition coefficient (Wildman–Crippen LogP) is 1.78. The molecule has 4 heteroatoms. The monoisotopic (exact) mass is 221 g/mol. The molecule has 1 amide bonds. The minimum atomic E-state index is -0.0523. The molecule has 0 saturated heterocycles. The molecule has 16 heavy (non-hydrogen) atoms.